The van der Waals surface area contributed by atoms with E-state index in [2.05, 4.69) is 15.0 Å². The molecule has 2 aliphatic rings. The first-order valence-corrected chi connectivity index (χ1v) is 9.17. The maximum Gasteiger partial charge on any atom is 0.320 e. The number of carbonyl (C=O) groups is 1. The van der Waals surface area contributed by atoms with Crippen LogP contribution in [0.3, 0.4) is 0 Å². The average Bonchev–Trinajstić information content (AvgIpc) is 3.28. The number of amides is 2. The molecule has 2 fully saturated rings. The van der Waals surface area contributed by atoms with Crippen molar-refractivity contribution in [2.45, 2.75) is 19.5 Å². The van der Waals surface area contributed by atoms with Gasteiger partial charge in [0.25, 0.3) is 0 Å². The van der Waals surface area contributed by atoms with Crippen LogP contribution >= 0.6 is 0 Å². The second kappa shape index (κ2) is 6.92. The summed E-state index contributed by atoms with van der Waals surface area (Å²) in [4.78, 5) is 22.8. The van der Waals surface area contributed by atoms with E-state index in [0.29, 0.717) is 30.7 Å². The quantitative estimate of drug-likeness (QED) is 0.826. The highest BCUT2D eigenvalue weighted by atomic mass is 19.1. The lowest BCUT2D eigenvalue weighted by Gasteiger charge is -2.31. The molecule has 0 unspecified atom stereocenters. The number of aromatic nitrogens is 2. The van der Waals surface area contributed by atoms with Gasteiger partial charge in [0, 0.05) is 39.6 Å². The Balaban J connectivity index is 1.57. The van der Waals surface area contributed by atoms with E-state index in [1.54, 1.807) is 38.1 Å². The molecule has 3 atom stereocenters. The molecule has 4 rings (SSSR count). The number of aryl methyl sites for hydroxylation is 1. The third kappa shape index (κ3) is 3.41. The Morgan fingerprint density at radius 2 is 2.15 bits per heavy atom. The fourth-order valence-electron chi connectivity index (χ4n) is 4.43. The number of hydrogen-bond acceptors (Lipinski definition) is 5. The van der Waals surface area contributed by atoms with Gasteiger partial charge in [-0.05, 0) is 30.5 Å². The Labute approximate surface area is 157 Å². The van der Waals surface area contributed by atoms with Crippen LogP contribution in [0.1, 0.15) is 23.3 Å². The highest BCUT2D eigenvalue weighted by Gasteiger charge is 2.49. The van der Waals surface area contributed by atoms with Gasteiger partial charge in [0.05, 0.1) is 12.6 Å². The lowest BCUT2D eigenvalue weighted by atomic mass is 9.89. The molecule has 27 heavy (non-hydrogen) atoms. The first-order valence-electron chi connectivity index (χ1n) is 9.17. The molecule has 2 saturated heterocycles. The lowest BCUT2D eigenvalue weighted by Crippen LogP contribution is -2.41. The Kier molecular flexibility index (Phi) is 4.59. The van der Waals surface area contributed by atoms with Gasteiger partial charge in [-0.15, -0.1) is 0 Å². The third-order valence-electron chi connectivity index (χ3n) is 5.49. The molecule has 7 nitrogen and oxygen atoms in total. The van der Waals surface area contributed by atoms with Crippen LogP contribution in [0.15, 0.2) is 28.8 Å². The smallest absolute Gasteiger partial charge is 0.320 e. The van der Waals surface area contributed by atoms with Gasteiger partial charge in [0.1, 0.15) is 5.82 Å². The molecule has 2 amide bonds. The van der Waals surface area contributed by atoms with Gasteiger partial charge in [0.2, 0.25) is 5.89 Å². The van der Waals surface area contributed by atoms with Crippen molar-refractivity contribution in [2.75, 3.05) is 33.7 Å². The number of likely N-dealkylation sites (tertiary alicyclic amines) is 2. The number of carbonyl (C=O) groups excluding carboxylic acids is 1. The number of urea groups is 1. The Morgan fingerprint density at radius 1 is 1.33 bits per heavy atom. The summed E-state index contributed by atoms with van der Waals surface area (Å²) in [6, 6.07) is 6.45. The molecule has 1 aromatic carbocycles. The van der Waals surface area contributed by atoms with Crippen molar-refractivity contribution in [3.8, 4) is 0 Å². The zero-order valence-corrected chi connectivity index (χ0v) is 15.8. The zero-order chi connectivity index (χ0) is 19.1. The van der Waals surface area contributed by atoms with Crippen LogP contribution < -0.4 is 0 Å². The van der Waals surface area contributed by atoms with Gasteiger partial charge in [-0.3, -0.25) is 4.90 Å². The summed E-state index contributed by atoms with van der Waals surface area (Å²) in [6.07, 6.45) is 0. The number of nitrogens with zero attached hydrogens (tertiary/aromatic N) is 5. The standard InChI is InChI=1S/C19H24FN5O2/c1-12-21-17(27-22-12)11-24-8-14-9-25(19(26)23(2)3)18(16(14)10-24)13-5-4-6-15(20)7-13/h4-7,14,16,18H,8-11H2,1-3H3/t14-,16-,18+/m1/s1. The summed E-state index contributed by atoms with van der Waals surface area (Å²) in [5.74, 6) is 1.55. The van der Waals surface area contributed by atoms with Gasteiger partial charge < -0.3 is 14.3 Å². The molecule has 3 heterocycles. The molecule has 0 aliphatic carbocycles. The van der Waals surface area contributed by atoms with E-state index in [1.165, 1.54) is 6.07 Å². The number of benzene rings is 1. The summed E-state index contributed by atoms with van der Waals surface area (Å²) in [7, 11) is 3.51. The van der Waals surface area contributed by atoms with Crippen molar-refractivity contribution < 1.29 is 13.7 Å². The van der Waals surface area contributed by atoms with E-state index in [4.69, 9.17) is 4.52 Å². The molecule has 8 heteroatoms. The van der Waals surface area contributed by atoms with Crippen molar-refractivity contribution >= 4 is 6.03 Å². The predicted molar refractivity (Wildman–Crippen MR) is 96.2 cm³/mol. The van der Waals surface area contributed by atoms with E-state index in [9.17, 15) is 9.18 Å². The Morgan fingerprint density at radius 3 is 2.81 bits per heavy atom. The van der Waals surface area contributed by atoms with Gasteiger partial charge in [-0.25, -0.2) is 9.18 Å². The van der Waals surface area contributed by atoms with E-state index in [-0.39, 0.29) is 23.8 Å². The highest BCUT2D eigenvalue weighted by molar-refractivity contribution is 5.75. The summed E-state index contributed by atoms with van der Waals surface area (Å²) in [6.45, 7) is 4.74. The van der Waals surface area contributed by atoms with Crippen LogP contribution in [-0.4, -0.2) is 64.6 Å². The normalized spacial score (nSPS) is 25.0. The van der Waals surface area contributed by atoms with E-state index in [0.717, 1.165) is 18.7 Å². The van der Waals surface area contributed by atoms with E-state index in [1.807, 2.05) is 11.0 Å². The van der Waals surface area contributed by atoms with E-state index < -0.39 is 0 Å². The number of fused-ring (bicyclic) bond motifs is 1. The molecular formula is C19H24FN5O2. The van der Waals surface area contributed by atoms with Crippen LogP contribution in [0.4, 0.5) is 9.18 Å². The average molecular weight is 373 g/mol. The van der Waals surface area contributed by atoms with Crippen LogP contribution in [0.5, 0.6) is 0 Å². The molecule has 144 valence electrons. The van der Waals surface area contributed by atoms with E-state index >= 15 is 0 Å². The summed E-state index contributed by atoms with van der Waals surface area (Å²) in [5, 5.41) is 3.84. The van der Waals surface area contributed by atoms with Crippen LogP contribution in [0.2, 0.25) is 0 Å². The Bertz CT molecular complexity index is 839. The van der Waals surface area contributed by atoms with Crippen molar-refractivity contribution in [3.63, 3.8) is 0 Å². The molecule has 1 aromatic heterocycles. The maximum atomic E-state index is 13.9. The topological polar surface area (TPSA) is 65.7 Å². The molecule has 0 spiro atoms. The third-order valence-corrected chi connectivity index (χ3v) is 5.49. The monoisotopic (exact) mass is 373 g/mol. The van der Waals surface area contributed by atoms with Crippen molar-refractivity contribution in [1.82, 2.24) is 24.8 Å². The van der Waals surface area contributed by atoms with Crippen molar-refractivity contribution in [2.24, 2.45) is 11.8 Å². The van der Waals surface area contributed by atoms with Crippen LogP contribution in [0.25, 0.3) is 0 Å². The number of hydrogen-bond donors (Lipinski definition) is 0. The van der Waals surface area contributed by atoms with Gasteiger partial charge in [0.15, 0.2) is 5.82 Å². The highest BCUT2D eigenvalue weighted by Crippen LogP contribution is 2.45. The minimum atomic E-state index is -0.274. The first-order chi connectivity index (χ1) is 12.9. The van der Waals surface area contributed by atoms with Gasteiger partial charge in [-0.2, -0.15) is 4.98 Å². The first kappa shape index (κ1) is 17.9. The maximum absolute atomic E-state index is 13.9. The van der Waals surface area contributed by atoms with Crippen LogP contribution in [-0.2, 0) is 6.54 Å². The number of rotatable bonds is 3. The minimum absolute atomic E-state index is 0.0299. The zero-order valence-electron chi connectivity index (χ0n) is 15.8. The largest absolute Gasteiger partial charge is 0.338 e. The van der Waals surface area contributed by atoms with Crippen molar-refractivity contribution in [1.29, 1.82) is 0 Å². The van der Waals surface area contributed by atoms with Gasteiger partial charge in [-0.1, -0.05) is 17.3 Å². The SMILES string of the molecule is Cc1noc(CN2C[C@@H]3CN(C(=O)N(C)C)[C@@H](c4cccc(F)c4)[C@@H]3C2)n1. The molecular weight excluding hydrogens is 349 g/mol. The van der Waals surface area contributed by atoms with Crippen LogP contribution in [0, 0.1) is 24.6 Å². The summed E-state index contributed by atoms with van der Waals surface area (Å²) < 4.78 is 19.1. The lowest BCUT2D eigenvalue weighted by molar-refractivity contribution is 0.149. The molecule has 2 aliphatic heterocycles. The van der Waals surface area contributed by atoms with Gasteiger partial charge >= 0.3 is 6.03 Å². The Hall–Kier alpha value is -2.48. The molecule has 0 bridgehead atoms. The molecule has 0 saturated carbocycles. The molecule has 2 aromatic rings. The van der Waals surface area contributed by atoms with Crippen molar-refractivity contribution in [3.05, 3.63) is 47.4 Å². The predicted octanol–water partition coefficient (Wildman–Crippen LogP) is 2.30. The number of halogens is 1. The second-order valence-corrected chi connectivity index (χ2v) is 7.68. The minimum Gasteiger partial charge on any atom is -0.338 e. The fourth-order valence-corrected chi connectivity index (χ4v) is 4.43. The summed E-state index contributed by atoms with van der Waals surface area (Å²) in [5.41, 5.74) is 0.855. The molecule has 0 N–H and O–H groups in total. The summed E-state index contributed by atoms with van der Waals surface area (Å²) >= 11 is 0. The fraction of sp³-hybridized carbons (Fsp3) is 0.526. The second-order valence-electron chi connectivity index (χ2n) is 7.68. The molecule has 0 radical (unpaired) electrons.